The van der Waals surface area contributed by atoms with Crippen LogP contribution in [0.3, 0.4) is 0 Å². The Morgan fingerprint density at radius 2 is 2.08 bits per heavy atom. The number of pyridine rings is 2. The minimum atomic E-state index is 0.945. The van der Waals surface area contributed by atoms with Crippen LogP contribution in [0.15, 0.2) is 65.5 Å². The fourth-order valence-electron chi connectivity index (χ4n) is 2.39. The van der Waals surface area contributed by atoms with Gasteiger partial charge in [-0.25, -0.2) is 4.98 Å². The molecule has 2 aromatic rings. The number of allylic oxidation sites excluding steroid dienone is 4. The standard InChI is InChI=1S/C20H18IN3/c1-15-17(10-9-16-6-3-2-4-11-22-13-16)12-18(14-23-15)19-7-5-8-20(21)24-19/h4-14H,2-3H2,1H3/b10-9+,11-4-,16-6-,22-13+. The van der Waals surface area contributed by atoms with Crippen molar-refractivity contribution in [2.24, 2.45) is 4.99 Å². The van der Waals surface area contributed by atoms with Crippen molar-refractivity contribution in [1.29, 1.82) is 0 Å². The van der Waals surface area contributed by atoms with Gasteiger partial charge in [0.2, 0.25) is 0 Å². The second-order valence-corrected chi connectivity index (χ2v) is 6.63. The molecule has 24 heavy (non-hydrogen) atoms. The Balaban J connectivity index is 1.89. The van der Waals surface area contributed by atoms with E-state index >= 15 is 0 Å². The number of rotatable bonds is 3. The summed E-state index contributed by atoms with van der Waals surface area (Å²) in [6.45, 7) is 2.02. The number of hydrogen-bond donors (Lipinski definition) is 0. The van der Waals surface area contributed by atoms with Crippen LogP contribution in [0.5, 0.6) is 0 Å². The van der Waals surface area contributed by atoms with Gasteiger partial charge in [0, 0.05) is 29.9 Å². The molecule has 0 aromatic carbocycles. The fourth-order valence-corrected chi connectivity index (χ4v) is 2.86. The molecular weight excluding hydrogens is 409 g/mol. The Labute approximate surface area is 156 Å². The van der Waals surface area contributed by atoms with Crippen molar-refractivity contribution in [2.45, 2.75) is 19.8 Å². The van der Waals surface area contributed by atoms with E-state index in [1.807, 2.05) is 43.7 Å². The summed E-state index contributed by atoms with van der Waals surface area (Å²) in [4.78, 5) is 13.4. The van der Waals surface area contributed by atoms with Gasteiger partial charge >= 0.3 is 0 Å². The van der Waals surface area contributed by atoms with E-state index in [9.17, 15) is 0 Å². The van der Waals surface area contributed by atoms with Crippen LogP contribution in [0.25, 0.3) is 17.3 Å². The largest absolute Gasteiger partial charge is 0.264 e. The first kappa shape index (κ1) is 16.8. The number of aryl methyl sites for hydroxylation is 1. The van der Waals surface area contributed by atoms with E-state index in [0.717, 1.165) is 44.6 Å². The molecule has 0 saturated heterocycles. The van der Waals surface area contributed by atoms with Gasteiger partial charge in [-0.1, -0.05) is 30.4 Å². The second-order valence-electron chi connectivity index (χ2n) is 5.52. The van der Waals surface area contributed by atoms with E-state index in [0.29, 0.717) is 0 Å². The molecule has 4 heteroatoms. The van der Waals surface area contributed by atoms with Crippen molar-refractivity contribution in [3.63, 3.8) is 0 Å². The van der Waals surface area contributed by atoms with E-state index in [-0.39, 0.29) is 0 Å². The molecule has 2 aromatic heterocycles. The van der Waals surface area contributed by atoms with Gasteiger partial charge < -0.3 is 0 Å². The predicted octanol–water partition coefficient (Wildman–Crippen LogP) is 5.37. The molecule has 3 rings (SSSR count). The van der Waals surface area contributed by atoms with Crippen molar-refractivity contribution in [3.05, 3.63) is 75.4 Å². The van der Waals surface area contributed by atoms with Crippen LogP contribution in [-0.2, 0) is 0 Å². The van der Waals surface area contributed by atoms with Gasteiger partial charge in [-0.15, -0.1) is 0 Å². The second kappa shape index (κ2) is 8.15. The van der Waals surface area contributed by atoms with Crippen LogP contribution in [0.4, 0.5) is 0 Å². The zero-order valence-electron chi connectivity index (χ0n) is 13.5. The van der Waals surface area contributed by atoms with Gasteiger partial charge in [-0.2, -0.15) is 0 Å². The Morgan fingerprint density at radius 1 is 1.17 bits per heavy atom. The number of hydrogen-bond acceptors (Lipinski definition) is 3. The molecular formula is C20H18IN3. The zero-order valence-corrected chi connectivity index (χ0v) is 15.6. The van der Waals surface area contributed by atoms with E-state index in [1.54, 1.807) is 0 Å². The molecule has 1 aliphatic heterocycles. The first-order valence-electron chi connectivity index (χ1n) is 7.88. The summed E-state index contributed by atoms with van der Waals surface area (Å²) in [7, 11) is 0. The lowest BCUT2D eigenvalue weighted by Crippen LogP contribution is -1.92. The van der Waals surface area contributed by atoms with Crippen LogP contribution in [0, 0.1) is 10.6 Å². The maximum Gasteiger partial charge on any atom is 0.102 e. The third-order valence-corrected chi connectivity index (χ3v) is 4.32. The summed E-state index contributed by atoms with van der Waals surface area (Å²) in [5, 5.41) is 0. The molecule has 0 radical (unpaired) electrons. The van der Waals surface area contributed by atoms with Gasteiger partial charge in [0.1, 0.15) is 3.70 Å². The van der Waals surface area contributed by atoms with Gasteiger partial charge in [0.05, 0.1) is 5.69 Å². The third-order valence-electron chi connectivity index (χ3n) is 3.72. The van der Waals surface area contributed by atoms with Gasteiger partial charge in [-0.05, 0) is 71.7 Å². The highest BCUT2D eigenvalue weighted by atomic mass is 127. The van der Waals surface area contributed by atoms with Crippen molar-refractivity contribution >= 4 is 34.9 Å². The Hall–Kier alpha value is -2.08. The smallest absolute Gasteiger partial charge is 0.102 e. The van der Waals surface area contributed by atoms with Crippen LogP contribution in [0.2, 0.25) is 0 Å². The summed E-state index contributed by atoms with van der Waals surface area (Å²) >= 11 is 2.23. The lowest BCUT2D eigenvalue weighted by molar-refractivity contribution is 1.04. The first-order valence-corrected chi connectivity index (χ1v) is 8.96. The molecule has 0 fully saturated rings. The Bertz CT molecular complexity index is 848. The zero-order chi connectivity index (χ0) is 16.8. The van der Waals surface area contributed by atoms with Crippen LogP contribution in [-0.4, -0.2) is 16.2 Å². The topological polar surface area (TPSA) is 38.1 Å². The first-order chi connectivity index (χ1) is 11.7. The van der Waals surface area contributed by atoms with Gasteiger partial charge in [0.25, 0.3) is 0 Å². The summed E-state index contributed by atoms with van der Waals surface area (Å²) in [6, 6.07) is 8.15. The number of nitrogens with zero attached hydrogens (tertiary/aromatic N) is 3. The fraction of sp³-hybridized carbons (Fsp3) is 0.150. The molecule has 120 valence electrons. The monoisotopic (exact) mass is 427 g/mol. The minimum Gasteiger partial charge on any atom is -0.264 e. The van der Waals surface area contributed by atoms with Crippen LogP contribution >= 0.6 is 22.6 Å². The van der Waals surface area contributed by atoms with Gasteiger partial charge in [0.15, 0.2) is 0 Å². The summed E-state index contributed by atoms with van der Waals surface area (Å²) < 4.78 is 0.978. The van der Waals surface area contributed by atoms with E-state index in [4.69, 9.17) is 0 Å². The summed E-state index contributed by atoms with van der Waals surface area (Å²) in [6.07, 6.45) is 16.2. The molecule has 3 heterocycles. The average molecular weight is 427 g/mol. The molecule has 0 atom stereocenters. The summed E-state index contributed by atoms with van der Waals surface area (Å²) in [5.41, 5.74) is 5.20. The lowest BCUT2D eigenvalue weighted by atomic mass is 10.1. The quantitative estimate of drug-likeness (QED) is 0.488. The minimum absolute atomic E-state index is 0.945. The Morgan fingerprint density at radius 3 is 2.96 bits per heavy atom. The molecule has 3 nitrogen and oxygen atoms in total. The van der Waals surface area contributed by atoms with Crippen molar-refractivity contribution in [2.75, 3.05) is 0 Å². The molecule has 0 aliphatic carbocycles. The van der Waals surface area contributed by atoms with E-state index in [2.05, 4.69) is 67.9 Å². The van der Waals surface area contributed by atoms with Crippen molar-refractivity contribution < 1.29 is 0 Å². The molecule has 1 aliphatic rings. The normalized spacial score (nSPS) is 19.3. The maximum absolute atomic E-state index is 4.57. The van der Waals surface area contributed by atoms with Crippen molar-refractivity contribution in [1.82, 2.24) is 9.97 Å². The van der Waals surface area contributed by atoms with Crippen LogP contribution in [0.1, 0.15) is 24.1 Å². The molecule has 0 unspecified atom stereocenters. The number of halogens is 1. The molecule has 0 saturated carbocycles. The third kappa shape index (κ3) is 4.47. The highest BCUT2D eigenvalue weighted by Crippen LogP contribution is 2.21. The molecule has 0 N–H and O–H groups in total. The average Bonchev–Trinajstić information content (AvgIpc) is 2.55. The number of aliphatic imine (C=N–C) groups is 1. The molecule has 0 bridgehead atoms. The Kier molecular flexibility index (Phi) is 5.69. The highest BCUT2D eigenvalue weighted by Gasteiger charge is 2.04. The molecule has 0 spiro atoms. The highest BCUT2D eigenvalue weighted by molar-refractivity contribution is 14.1. The van der Waals surface area contributed by atoms with E-state index in [1.165, 1.54) is 0 Å². The van der Waals surface area contributed by atoms with Gasteiger partial charge in [-0.3, -0.25) is 9.98 Å². The lowest BCUT2D eigenvalue weighted by Gasteiger charge is -2.05. The predicted molar refractivity (Wildman–Crippen MR) is 109 cm³/mol. The SMILES string of the molecule is Cc1ncc(-c2cccc(I)n2)cc1/C=C/C1=C/CC/C=C\N=C\1. The maximum atomic E-state index is 4.57. The number of aromatic nitrogens is 2. The van der Waals surface area contributed by atoms with E-state index < -0.39 is 0 Å². The van der Waals surface area contributed by atoms with Crippen LogP contribution < -0.4 is 0 Å². The summed E-state index contributed by atoms with van der Waals surface area (Å²) in [5.74, 6) is 0. The molecule has 0 amide bonds. The van der Waals surface area contributed by atoms with Crippen molar-refractivity contribution in [3.8, 4) is 11.3 Å².